The van der Waals surface area contributed by atoms with Crippen molar-refractivity contribution in [3.05, 3.63) is 76.1 Å². The Labute approximate surface area is 167 Å². The monoisotopic (exact) mass is 403 g/mol. The first kappa shape index (κ1) is 20.0. The third-order valence-corrected chi connectivity index (χ3v) is 4.82. The summed E-state index contributed by atoms with van der Waals surface area (Å²) in [5, 5.41) is 11.2. The quantitative estimate of drug-likeness (QED) is 0.343. The molecule has 3 rings (SSSR count). The van der Waals surface area contributed by atoms with E-state index in [1.165, 1.54) is 36.3 Å². The number of carbonyl (C=O) groups excluding carboxylic acids is 2. The SMILES string of the molecule is COCCCN1C(=O)C(=O)/C(=C(\O)c2cccc(Cl)c2)C1c1ccccc1F. The smallest absolute Gasteiger partial charge is 0.295 e. The molecule has 1 unspecified atom stereocenters. The molecule has 146 valence electrons. The van der Waals surface area contributed by atoms with Gasteiger partial charge in [-0.3, -0.25) is 9.59 Å². The van der Waals surface area contributed by atoms with Crippen LogP contribution in [-0.2, 0) is 14.3 Å². The van der Waals surface area contributed by atoms with Gasteiger partial charge in [-0.15, -0.1) is 0 Å². The Balaban J connectivity index is 2.15. The van der Waals surface area contributed by atoms with E-state index in [0.29, 0.717) is 18.1 Å². The molecule has 0 saturated carbocycles. The Morgan fingerprint density at radius 1 is 1.21 bits per heavy atom. The van der Waals surface area contributed by atoms with Crippen molar-refractivity contribution in [2.45, 2.75) is 12.5 Å². The second kappa shape index (κ2) is 8.54. The van der Waals surface area contributed by atoms with Crippen LogP contribution >= 0.6 is 11.6 Å². The molecule has 0 spiro atoms. The first-order valence-electron chi connectivity index (χ1n) is 8.73. The van der Waals surface area contributed by atoms with Gasteiger partial charge in [0.1, 0.15) is 11.6 Å². The van der Waals surface area contributed by atoms with Crippen LogP contribution in [0.4, 0.5) is 4.39 Å². The average molecular weight is 404 g/mol. The lowest BCUT2D eigenvalue weighted by atomic mass is 9.95. The molecule has 0 bridgehead atoms. The molecular formula is C21H19ClFNO4. The van der Waals surface area contributed by atoms with Gasteiger partial charge < -0.3 is 14.7 Å². The van der Waals surface area contributed by atoms with E-state index in [-0.39, 0.29) is 29.0 Å². The highest BCUT2D eigenvalue weighted by Crippen LogP contribution is 2.40. The Morgan fingerprint density at radius 3 is 2.64 bits per heavy atom. The fourth-order valence-electron chi connectivity index (χ4n) is 3.30. The van der Waals surface area contributed by atoms with Crippen LogP contribution in [0.3, 0.4) is 0 Å². The lowest BCUT2D eigenvalue weighted by molar-refractivity contribution is -0.140. The van der Waals surface area contributed by atoms with E-state index in [9.17, 15) is 19.1 Å². The molecule has 1 atom stereocenters. The zero-order valence-electron chi connectivity index (χ0n) is 15.2. The van der Waals surface area contributed by atoms with Crippen LogP contribution in [0.25, 0.3) is 5.76 Å². The minimum atomic E-state index is -1.03. The summed E-state index contributed by atoms with van der Waals surface area (Å²) < 4.78 is 19.6. The Bertz CT molecular complexity index is 944. The van der Waals surface area contributed by atoms with E-state index in [2.05, 4.69) is 0 Å². The number of halogens is 2. The maximum absolute atomic E-state index is 14.6. The molecule has 1 aliphatic rings. The molecule has 1 saturated heterocycles. The normalized spacial score (nSPS) is 18.7. The predicted molar refractivity (Wildman–Crippen MR) is 103 cm³/mol. The standard InChI is InChI=1S/C21H19ClFNO4/c1-28-11-5-10-24-18(15-8-2-3-9-16(15)23)17(20(26)21(24)27)19(25)13-6-4-7-14(22)12-13/h2-4,6-9,12,18,25H,5,10-11H2,1H3/b19-17-. The van der Waals surface area contributed by atoms with Gasteiger partial charge in [-0.05, 0) is 24.6 Å². The maximum Gasteiger partial charge on any atom is 0.295 e. The van der Waals surface area contributed by atoms with Gasteiger partial charge in [0.15, 0.2) is 0 Å². The average Bonchev–Trinajstić information content (AvgIpc) is 2.93. The molecule has 1 aliphatic heterocycles. The second-order valence-corrected chi connectivity index (χ2v) is 6.81. The fourth-order valence-corrected chi connectivity index (χ4v) is 3.49. The number of nitrogens with zero attached hydrogens (tertiary/aromatic N) is 1. The lowest BCUT2D eigenvalue weighted by Gasteiger charge is -2.25. The van der Waals surface area contributed by atoms with Crippen molar-refractivity contribution in [2.75, 3.05) is 20.3 Å². The Morgan fingerprint density at radius 2 is 1.96 bits per heavy atom. The van der Waals surface area contributed by atoms with Crippen LogP contribution < -0.4 is 0 Å². The highest BCUT2D eigenvalue weighted by molar-refractivity contribution is 6.46. The summed E-state index contributed by atoms with van der Waals surface area (Å²) in [5.74, 6) is -2.59. The van der Waals surface area contributed by atoms with Gasteiger partial charge in [-0.2, -0.15) is 0 Å². The minimum absolute atomic E-state index is 0.141. The van der Waals surface area contributed by atoms with Gasteiger partial charge in [0.05, 0.1) is 11.6 Å². The molecule has 1 heterocycles. The molecule has 1 N–H and O–H groups in total. The maximum atomic E-state index is 14.6. The number of methoxy groups -OCH3 is 1. The van der Waals surface area contributed by atoms with E-state index in [1.54, 1.807) is 24.3 Å². The first-order valence-corrected chi connectivity index (χ1v) is 9.11. The number of aliphatic hydroxyl groups is 1. The third kappa shape index (κ3) is 3.79. The van der Waals surface area contributed by atoms with Crippen LogP contribution in [0.15, 0.2) is 54.1 Å². The van der Waals surface area contributed by atoms with E-state index in [4.69, 9.17) is 16.3 Å². The number of rotatable bonds is 6. The molecule has 0 aliphatic carbocycles. The van der Waals surface area contributed by atoms with Crippen LogP contribution in [0.1, 0.15) is 23.6 Å². The summed E-state index contributed by atoms with van der Waals surface area (Å²) in [7, 11) is 1.53. The third-order valence-electron chi connectivity index (χ3n) is 4.59. The summed E-state index contributed by atoms with van der Waals surface area (Å²) in [6, 6.07) is 11.1. The topological polar surface area (TPSA) is 66.8 Å². The Hall–Kier alpha value is -2.70. The largest absolute Gasteiger partial charge is 0.507 e. The molecule has 0 aromatic heterocycles. The first-order chi connectivity index (χ1) is 13.5. The van der Waals surface area contributed by atoms with Gasteiger partial charge in [0.2, 0.25) is 0 Å². The van der Waals surface area contributed by atoms with Crippen LogP contribution in [-0.4, -0.2) is 42.0 Å². The van der Waals surface area contributed by atoms with Crippen molar-refractivity contribution in [3.63, 3.8) is 0 Å². The molecule has 5 nitrogen and oxygen atoms in total. The molecule has 1 fully saturated rings. The number of likely N-dealkylation sites (tertiary alicyclic amines) is 1. The number of amides is 1. The number of hydrogen-bond donors (Lipinski definition) is 1. The molecule has 7 heteroatoms. The van der Waals surface area contributed by atoms with Gasteiger partial charge in [0.25, 0.3) is 11.7 Å². The van der Waals surface area contributed by atoms with Crippen molar-refractivity contribution < 1.29 is 23.8 Å². The molecule has 0 radical (unpaired) electrons. The molecule has 2 aromatic rings. The highest BCUT2D eigenvalue weighted by Gasteiger charge is 2.46. The van der Waals surface area contributed by atoms with Crippen molar-refractivity contribution in [3.8, 4) is 0 Å². The predicted octanol–water partition coefficient (Wildman–Crippen LogP) is 3.94. The number of ketones is 1. The highest BCUT2D eigenvalue weighted by atomic mass is 35.5. The van der Waals surface area contributed by atoms with E-state index in [0.717, 1.165) is 0 Å². The summed E-state index contributed by atoms with van der Waals surface area (Å²) in [6.45, 7) is 0.561. The zero-order chi connectivity index (χ0) is 20.3. The number of aliphatic hydroxyl groups excluding tert-OH is 1. The van der Waals surface area contributed by atoms with Gasteiger partial charge in [0, 0.05) is 36.4 Å². The van der Waals surface area contributed by atoms with Crippen molar-refractivity contribution in [1.82, 2.24) is 4.90 Å². The number of benzene rings is 2. The number of hydrogen-bond acceptors (Lipinski definition) is 4. The van der Waals surface area contributed by atoms with Gasteiger partial charge in [-0.1, -0.05) is 41.9 Å². The summed E-state index contributed by atoms with van der Waals surface area (Å²) in [6.07, 6.45) is 0.464. The van der Waals surface area contributed by atoms with E-state index >= 15 is 0 Å². The summed E-state index contributed by atoms with van der Waals surface area (Å²) in [4.78, 5) is 26.7. The van der Waals surface area contributed by atoms with Crippen molar-refractivity contribution in [2.24, 2.45) is 0 Å². The number of ether oxygens (including phenoxy) is 1. The number of carbonyl (C=O) groups is 2. The van der Waals surface area contributed by atoms with E-state index < -0.39 is 23.5 Å². The molecular weight excluding hydrogens is 385 g/mol. The van der Waals surface area contributed by atoms with Gasteiger partial charge >= 0.3 is 0 Å². The molecule has 2 aromatic carbocycles. The lowest BCUT2D eigenvalue weighted by Crippen LogP contribution is -2.31. The zero-order valence-corrected chi connectivity index (χ0v) is 15.9. The minimum Gasteiger partial charge on any atom is -0.507 e. The molecule has 28 heavy (non-hydrogen) atoms. The summed E-state index contributed by atoms with van der Waals surface area (Å²) in [5.41, 5.74) is 0.265. The van der Waals surface area contributed by atoms with E-state index in [1.807, 2.05) is 0 Å². The van der Waals surface area contributed by atoms with Crippen LogP contribution in [0, 0.1) is 5.82 Å². The summed E-state index contributed by atoms with van der Waals surface area (Å²) >= 11 is 5.98. The fraction of sp³-hybridized carbons (Fsp3) is 0.238. The van der Waals surface area contributed by atoms with Crippen LogP contribution in [0.5, 0.6) is 0 Å². The Kier molecular flexibility index (Phi) is 6.11. The molecule has 1 amide bonds. The number of Topliss-reactive ketones (excluding diaryl/α,β-unsaturated/α-hetero) is 1. The second-order valence-electron chi connectivity index (χ2n) is 6.37. The van der Waals surface area contributed by atoms with Crippen molar-refractivity contribution in [1.29, 1.82) is 0 Å². The van der Waals surface area contributed by atoms with Gasteiger partial charge in [-0.25, -0.2) is 4.39 Å². The van der Waals surface area contributed by atoms with Crippen LogP contribution in [0.2, 0.25) is 5.02 Å². The van der Waals surface area contributed by atoms with Crippen molar-refractivity contribution >= 4 is 29.1 Å².